The zero-order valence-electron chi connectivity index (χ0n) is 15.1. The Morgan fingerprint density at radius 3 is 2.48 bits per heavy atom. The van der Waals surface area contributed by atoms with Gasteiger partial charge in [-0.1, -0.05) is 30.3 Å². The van der Waals surface area contributed by atoms with Crippen molar-refractivity contribution in [3.63, 3.8) is 0 Å². The molecule has 0 aliphatic carbocycles. The largest absolute Gasteiger partial charge is 0.395 e. The molecule has 0 atom stereocenters. The van der Waals surface area contributed by atoms with Gasteiger partial charge in [0.2, 0.25) is 0 Å². The molecule has 27 heavy (non-hydrogen) atoms. The van der Waals surface area contributed by atoms with E-state index < -0.39 is 0 Å². The number of nitrogens with zero attached hydrogens (tertiary/aromatic N) is 2. The zero-order valence-corrected chi connectivity index (χ0v) is 15.1. The van der Waals surface area contributed by atoms with Gasteiger partial charge in [-0.15, -0.1) is 0 Å². The molecule has 138 valence electrons. The maximum atomic E-state index is 12.1. The smallest absolute Gasteiger partial charge is 0.251 e. The molecule has 0 spiro atoms. The van der Waals surface area contributed by atoms with E-state index in [0.29, 0.717) is 17.9 Å². The topological polar surface area (TPSA) is 84.3 Å². The fraction of sp³-hybridized carbons (Fsp3) is 0.190. The molecule has 0 saturated carbocycles. The SMILES string of the molecule is COCc1cccc(-c2cncc(-c3cccc(C(=O)NCCO)c3)n2)c1. The minimum absolute atomic E-state index is 0.0961. The molecule has 3 aromatic rings. The van der Waals surface area contributed by atoms with Gasteiger partial charge in [0, 0.05) is 30.3 Å². The second-order valence-corrected chi connectivity index (χ2v) is 5.98. The van der Waals surface area contributed by atoms with E-state index in [1.165, 1.54) is 0 Å². The van der Waals surface area contributed by atoms with Crippen LogP contribution in [0.25, 0.3) is 22.5 Å². The van der Waals surface area contributed by atoms with E-state index in [1.807, 2.05) is 30.3 Å². The maximum absolute atomic E-state index is 12.1. The molecule has 6 heteroatoms. The first-order valence-electron chi connectivity index (χ1n) is 8.61. The lowest BCUT2D eigenvalue weighted by molar-refractivity contribution is 0.0945. The number of nitrogens with one attached hydrogen (secondary N) is 1. The molecular weight excluding hydrogens is 342 g/mol. The number of methoxy groups -OCH3 is 1. The Labute approximate surface area is 157 Å². The van der Waals surface area contributed by atoms with Crippen LogP contribution in [0.3, 0.4) is 0 Å². The molecule has 2 aromatic carbocycles. The van der Waals surface area contributed by atoms with Crippen LogP contribution in [0.1, 0.15) is 15.9 Å². The minimum atomic E-state index is -0.234. The molecule has 3 rings (SSSR count). The number of aliphatic hydroxyl groups excluding tert-OH is 1. The van der Waals surface area contributed by atoms with Gasteiger partial charge in [0.05, 0.1) is 37.0 Å². The third-order valence-electron chi connectivity index (χ3n) is 3.99. The summed E-state index contributed by atoms with van der Waals surface area (Å²) in [6.45, 7) is 0.656. The van der Waals surface area contributed by atoms with Gasteiger partial charge >= 0.3 is 0 Å². The van der Waals surface area contributed by atoms with E-state index in [1.54, 1.807) is 37.7 Å². The molecule has 1 amide bonds. The monoisotopic (exact) mass is 363 g/mol. The standard InChI is InChI=1S/C21H21N3O3/c1-27-14-15-4-2-5-16(10-15)19-12-22-13-20(24-19)17-6-3-7-18(11-17)21(26)23-8-9-25/h2-7,10-13,25H,8-9,14H2,1H3,(H,23,26). The Hall–Kier alpha value is -3.09. The van der Waals surface area contributed by atoms with Crippen molar-refractivity contribution >= 4 is 5.91 Å². The second kappa shape index (κ2) is 9.02. The Morgan fingerprint density at radius 1 is 1.07 bits per heavy atom. The molecule has 0 fully saturated rings. The number of rotatable bonds is 7. The molecule has 0 aliphatic heterocycles. The van der Waals surface area contributed by atoms with Crippen LogP contribution in [0, 0.1) is 0 Å². The summed E-state index contributed by atoms with van der Waals surface area (Å²) < 4.78 is 5.19. The number of aliphatic hydroxyl groups is 1. The zero-order chi connectivity index (χ0) is 19.1. The summed E-state index contributed by atoms with van der Waals surface area (Å²) in [6, 6.07) is 15.1. The first-order valence-corrected chi connectivity index (χ1v) is 8.61. The van der Waals surface area contributed by atoms with Crippen molar-refractivity contribution in [1.82, 2.24) is 15.3 Å². The molecule has 0 aliphatic rings. The quantitative estimate of drug-likeness (QED) is 0.674. The van der Waals surface area contributed by atoms with Gasteiger partial charge in [-0.3, -0.25) is 9.78 Å². The average molecular weight is 363 g/mol. The lowest BCUT2D eigenvalue weighted by Gasteiger charge is -2.08. The number of aromatic nitrogens is 2. The third-order valence-corrected chi connectivity index (χ3v) is 3.99. The molecule has 1 heterocycles. The van der Waals surface area contributed by atoms with E-state index in [2.05, 4.69) is 10.3 Å². The summed E-state index contributed by atoms with van der Waals surface area (Å²) in [6.07, 6.45) is 3.39. The Morgan fingerprint density at radius 2 is 1.78 bits per heavy atom. The molecule has 0 bridgehead atoms. The van der Waals surface area contributed by atoms with Crippen LogP contribution in [0.2, 0.25) is 0 Å². The summed E-state index contributed by atoms with van der Waals surface area (Å²) in [4.78, 5) is 21.1. The van der Waals surface area contributed by atoms with Gasteiger partial charge in [-0.25, -0.2) is 4.98 Å². The molecule has 0 unspecified atom stereocenters. The highest BCUT2D eigenvalue weighted by atomic mass is 16.5. The molecule has 0 radical (unpaired) electrons. The molecular formula is C21H21N3O3. The summed E-state index contributed by atoms with van der Waals surface area (Å²) >= 11 is 0. The van der Waals surface area contributed by atoms with Gasteiger partial charge in [0.15, 0.2) is 0 Å². The Kier molecular flexibility index (Phi) is 6.25. The maximum Gasteiger partial charge on any atom is 0.251 e. The predicted octanol–water partition coefficient (Wildman–Crippen LogP) is 2.68. The number of benzene rings is 2. The van der Waals surface area contributed by atoms with Gasteiger partial charge < -0.3 is 15.2 Å². The van der Waals surface area contributed by atoms with E-state index in [9.17, 15) is 4.79 Å². The summed E-state index contributed by atoms with van der Waals surface area (Å²) in [7, 11) is 1.66. The highest BCUT2D eigenvalue weighted by Crippen LogP contribution is 2.23. The first-order chi connectivity index (χ1) is 13.2. The van der Waals surface area contributed by atoms with Crippen LogP contribution < -0.4 is 5.32 Å². The van der Waals surface area contributed by atoms with E-state index in [-0.39, 0.29) is 19.1 Å². The van der Waals surface area contributed by atoms with E-state index in [0.717, 1.165) is 22.4 Å². The van der Waals surface area contributed by atoms with Gasteiger partial charge in [-0.05, 0) is 23.8 Å². The Balaban J connectivity index is 1.90. The summed E-state index contributed by atoms with van der Waals surface area (Å²) in [5, 5.41) is 11.5. The average Bonchev–Trinajstić information content (AvgIpc) is 2.72. The number of ether oxygens (including phenoxy) is 1. The molecule has 0 saturated heterocycles. The fourth-order valence-electron chi connectivity index (χ4n) is 2.72. The minimum Gasteiger partial charge on any atom is -0.395 e. The number of carbonyl (C=O) groups is 1. The van der Waals surface area contributed by atoms with Crippen molar-refractivity contribution in [3.05, 3.63) is 72.1 Å². The van der Waals surface area contributed by atoms with Crippen molar-refractivity contribution in [3.8, 4) is 22.5 Å². The lowest BCUT2D eigenvalue weighted by atomic mass is 10.1. The van der Waals surface area contributed by atoms with Crippen LogP contribution in [-0.4, -0.2) is 41.2 Å². The second-order valence-electron chi connectivity index (χ2n) is 5.98. The van der Waals surface area contributed by atoms with Crippen molar-refractivity contribution in [1.29, 1.82) is 0 Å². The van der Waals surface area contributed by atoms with Crippen LogP contribution in [0.15, 0.2) is 60.9 Å². The molecule has 6 nitrogen and oxygen atoms in total. The van der Waals surface area contributed by atoms with Gasteiger partial charge in [-0.2, -0.15) is 0 Å². The van der Waals surface area contributed by atoms with Crippen molar-refractivity contribution in [2.75, 3.05) is 20.3 Å². The van der Waals surface area contributed by atoms with Crippen LogP contribution in [-0.2, 0) is 11.3 Å². The molecule has 2 N–H and O–H groups in total. The highest BCUT2D eigenvalue weighted by Gasteiger charge is 2.09. The lowest BCUT2D eigenvalue weighted by Crippen LogP contribution is -2.26. The number of amides is 1. The highest BCUT2D eigenvalue weighted by molar-refractivity contribution is 5.95. The van der Waals surface area contributed by atoms with Gasteiger partial charge in [0.25, 0.3) is 5.91 Å². The van der Waals surface area contributed by atoms with Crippen LogP contribution in [0.4, 0.5) is 0 Å². The van der Waals surface area contributed by atoms with Gasteiger partial charge in [0.1, 0.15) is 0 Å². The van der Waals surface area contributed by atoms with Crippen molar-refractivity contribution < 1.29 is 14.6 Å². The van der Waals surface area contributed by atoms with Crippen molar-refractivity contribution in [2.24, 2.45) is 0 Å². The normalized spacial score (nSPS) is 10.6. The van der Waals surface area contributed by atoms with E-state index >= 15 is 0 Å². The summed E-state index contributed by atoms with van der Waals surface area (Å²) in [5.41, 5.74) is 4.76. The fourth-order valence-corrected chi connectivity index (χ4v) is 2.72. The predicted molar refractivity (Wildman–Crippen MR) is 103 cm³/mol. The Bertz CT molecular complexity index is 928. The van der Waals surface area contributed by atoms with E-state index in [4.69, 9.17) is 14.8 Å². The number of hydrogen-bond donors (Lipinski definition) is 2. The van der Waals surface area contributed by atoms with Crippen LogP contribution >= 0.6 is 0 Å². The first kappa shape index (κ1) is 18.7. The number of carbonyl (C=O) groups excluding carboxylic acids is 1. The number of hydrogen-bond acceptors (Lipinski definition) is 5. The van der Waals surface area contributed by atoms with Crippen molar-refractivity contribution in [2.45, 2.75) is 6.61 Å². The molecule has 1 aromatic heterocycles. The van der Waals surface area contributed by atoms with Crippen LogP contribution in [0.5, 0.6) is 0 Å². The third kappa shape index (κ3) is 4.75. The summed E-state index contributed by atoms with van der Waals surface area (Å²) in [5.74, 6) is -0.234.